The van der Waals surface area contributed by atoms with Crippen LogP contribution in [0.1, 0.15) is 11.1 Å². The van der Waals surface area contributed by atoms with Gasteiger partial charge in [0.1, 0.15) is 5.52 Å². The fourth-order valence-corrected chi connectivity index (χ4v) is 1.95. The molecule has 0 saturated heterocycles. The number of fused-ring (bicyclic) bond motifs is 1. The number of aryl methyl sites for hydroxylation is 1. The third-order valence-electron chi connectivity index (χ3n) is 3.03. The third-order valence-corrected chi connectivity index (χ3v) is 3.03. The zero-order chi connectivity index (χ0) is 16.9. The number of nitrogens with zero attached hydrogens (tertiary/aromatic N) is 2. The Labute approximate surface area is 116 Å². The Morgan fingerprint density at radius 1 is 1.00 bits per heavy atom. The van der Waals surface area contributed by atoms with Gasteiger partial charge in [0.15, 0.2) is 0 Å². The minimum absolute atomic E-state index is 0.177. The van der Waals surface area contributed by atoms with Gasteiger partial charge in [0.25, 0.3) is 5.56 Å². The molecule has 1 N–H and O–H groups in total. The Hall–Kier alpha value is -2.20. The molecule has 0 saturated carbocycles. The van der Waals surface area contributed by atoms with E-state index in [0.29, 0.717) is 6.07 Å². The van der Waals surface area contributed by atoms with Gasteiger partial charge in [0.2, 0.25) is 0 Å². The molecule has 11 heteroatoms. The molecule has 0 fully saturated rings. The Bertz CT molecular complexity index is 764. The van der Waals surface area contributed by atoms with E-state index in [1.54, 1.807) is 5.10 Å². The van der Waals surface area contributed by atoms with Crippen molar-refractivity contribution >= 4 is 10.9 Å². The molecule has 22 heavy (non-hydrogen) atoms. The van der Waals surface area contributed by atoms with Crippen LogP contribution in [0.3, 0.4) is 0 Å². The fourth-order valence-electron chi connectivity index (χ4n) is 1.95. The van der Waals surface area contributed by atoms with Crippen molar-refractivity contribution in [2.45, 2.75) is 24.9 Å². The van der Waals surface area contributed by atoms with Crippen LogP contribution in [0.4, 0.5) is 30.7 Å². The summed E-state index contributed by atoms with van der Waals surface area (Å²) in [6.45, 7) is 1.09. The quantitative estimate of drug-likeness (QED) is 0.819. The highest BCUT2D eigenvalue weighted by Gasteiger charge is 2.73. The summed E-state index contributed by atoms with van der Waals surface area (Å²) in [5, 5.41) is 7.67. The average molecular weight is 329 g/mol. The Kier molecular flexibility index (Phi) is 3.42. The SMILES string of the molecule is Cc1cc(C(F)(C(F)(F)F)C(F)(F)F)cc2c(=O)[nH]nnc12. The molecule has 0 bridgehead atoms. The lowest BCUT2D eigenvalue weighted by molar-refractivity contribution is -0.348. The molecule has 1 aromatic carbocycles. The van der Waals surface area contributed by atoms with E-state index in [-0.39, 0.29) is 17.1 Å². The third kappa shape index (κ3) is 2.20. The smallest absolute Gasteiger partial charge is 0.267 e. The van der Waals surface area contributed by atoms with Crippen LogP contribution < -0.4 is 5.56 Å². The second kappa shape index (κ2) is 4.65. The summed E-state index contributed by atoms with van der Waals surface area (Å²) < 4.78 is 90.2. The Morgan fingerprint density at radius 2 is 1.55 bits per heavy atom. The summed E-state index contributed by atoms with van der Waals surface area (Å²) in [4.78, 5) is 11.5. The van der Waals surface area contributed by atoms with Gasteiger partial charge in [-0.1, -0.05) is 5.21 Å². The van der Waals surface area contributed by atoms with Crippen molar-refractivity contribution in [3.05, 3.63) is 33.6 Å². The van der Waals surface area contributed by atoms with Gasteiger partial charge in [-0.2, -0.15) is 26.3 Å². The first-order chi connectivity index (χ1) is 9.89. The molecule has 0 spiro atoms. The van der Waals surface area contributed by atoms with Gasteiger partial charge in [0.05, 0.1) is 5.39 Å². The largest absolute Gasteiger partial charge is 0.435 e. The maximum Gasteiger partial charge on any atom is 0.435 e. The first-order valence-corrected chi connectivity index (χ1v) is 5.58. The van der Waals surface area contributed by atoms with E-state index >= 15 is 0 Å². The monoisotopic (exact) mass is 329 g/mol. The predicted molar refractivity (Wildman–Crippen MR) is 59.8 cm³/mol. The normalized spacial score (nSPS) is 13.6. The van der Waals surface area contributed by atoms with Gasteiger partial charge in [0, 0.05) is 5.56 Å². The van der Waals surface area contributed by atoms with Crippen LogP contribution in [0.2, 0.25) is 0 Å². The minimum Gasteiger partial charge on any atom is -0.267 e. The van der Waals surface area contributed by atoms with Crippen molar-refractivity contribution in [2.24, 2.45) is 0 Å². The highest BCUT2D eigenvalue weighted by atomic mass is 19.4. The van der Waals surface area contributed by atoms with Crippen molar-refractivity contribution in [3.63, 3.8) is 0 Å². The first-order valence-electron chi connectivity index (χ1n) is 5.58. The van der Waals surface area contributed by atoms with Crippen LogP contribution in [0, 0.1) is 6.92 Å². The number of aromatic nitrogens is 3. The summed E-state index contributed by atoms with van der Waals surface area (Å²) in [5.74, 6) is 0. The van der Waals surface area contributed by atoms with Crippen LogP contribution >= 0.6 is 0 Å². The molecule has 2 rings (SSSR count). The van der Waals surface area contributed by atoms with E-state index in [1.807, 2.05) is 0 Å². The van der Waals surface area contributed by atoms with Gasteiger partial charge < -0.3 is 0 Å². The highest BCUT2D eigenvalue weighted by Crippen LogP contribution is 2.53. The van der Waals surface area contributed by atoms with Gasteiger partial charge in [-0.15, -0.1) is 5.10 Å². The molecule has 0 radical (unpaired) electrons. The molecular weight excluding hydrogens is 323 g/mol. The molecule has 0 unspecified atom stereocenters. The summed E-state index contributed by atoms with van der Waals surface area (Å²) in [6, 6.07) is 0.522. The molecule has 120 valence electrons. The fraction of sp³-hybridized carbons (Fsp3) is 0.364. The number of halogens is 7. The number of benzene rings is 1. The highest BCUT2D eigenvalue weighted by molar-refractivity contribution is 5.81. The van der Waals surface area contributed by atoms with E-state index in [9.17, 15) is 35.5 Å². The lowest BCUT2D eigenvalue weighted by Gasteiger charge is -2.30. The minimum atomic E-state index is -6.25. The van der Waals surface area contributed by atoms with Crippen molar-refractivity contribution in [3.8, 4) is 0 Å². The molecule has 1 heterocycles. The number of H-pyrrole nitrogens is 1. The molecular formula is C11H6F7N3O. The van der Waals surface area contributed by atoms with Gasteiger partial charge in [-0.05, 0) is 24.6 Å². The van der Waals surface area contributed by atoms with Crippen LogP contribution in [-0.4, -0.2) is 27.8 Å². The maximum atomic E-state index is 14.0. The van der Waals surface area contributed by atoms with E-state index in [4.69, 9.17) is 0 Å². The topological polar surface area (TPSA) is 58.6 Å². The van der Waals surface area contributed by atoms with Crippen LogP contribution in [-0.2, 0) is 5.67 Å². The molecule has 0 aliphatic rings. The van der Waals surface area contributed by atoms with E-state index in [1.165, 1.54) is 0 Å². The molecule has 2 aromatic rings. The second-order valence-corrected chi connectivity index (χ2v) is 4.48. The predicted octanol–water partition coefficient (Wildman–Crippen LogP) is 2.92. The summed E-state index contributed by atoms with van der Waals surface area (Å²) in [7, 11) is 0. The molecule has 0 aliphatic heterocycles. The number of aromatic amines is 1. The van der Waals surface area contributed by atoms with Crippen LogP contribution in [0.5, 0.6) is 0 Å². The number of hydrogen-bond donors (Lipinski definition) is 1. The number of rotatable bonds is 1. The number of nitrogens with one attached hydrogen (secondary N) is 1. The molecule has 4 nitrogen and oxygen atoms in total. The van der Waals surface area contributed by atoms with Gasteiger partial charge in [-0.3, -0.25) is 4.79 Å². The van der Waals surface area contributed by atoms with Crippen molar-refractivity contribution in [2.75, 3.05) is 0 Å². The lowest BCUT2D eigenvalue weighted by atomic mass is 9.91. The lowest BCUT2D eigenvalue weighted by Crippen LogP contribution is -2.50. The maximum absolute atomic E-state index is 14.0. The van der Waals surface area contributed by atoms with Crippen LogP contribution in [0.15, 0.2) is 16.9 Å². The number of hydrogen-bond acceptors (Lipinski definition) is 3. The Balaban J connectivity index is 2.88. The number of alkyl halides is 7. The molecule has 0 amide bonds. The molecule has 0 aliphatic carbocycles. The zero-order valence-electron chi connectivity index (χ0n) is 10.6. The second-order valence-electron chi connectivity index (χ2n) is 4.48. The van der Waals surface area contributed by atoms with Gasteiger partial charge in [-0.25, -0.2) is 9.49 Å². The molecule has 0 atom stereocenters. The van der Waals surface area contributed by atoms with Crippen molar-refractivity contribution < 1.29 is 30.7 Å². The van der Waals surface area contributed by atoms with Crippen molar-refractivity contribution in [1.82, 2.24) is 15.4 Å². The van der Waals surface area contributed by atoms with Crippen LogP contribution in [0.25, 0.3) is 10.9 Å². The summed E-state index contributed by atoms with van der Waals surface area (Å²) >= 11 is 0. The molecule has 1 aromatic heterocycles. The average Bonchev–Trinajstić information content (AvgIpc) is 2.36. The van der Waals surface area contributed by atoms with Gasteiger partial charge >= 0.3 is 18.0 Å². The summed E-state index contributed by atoms with van der Waals surface area (Å²) in [6.07, 6.45) is -12.5. The van der Waals surface area contributed by atoms with E-state index < -0.39 is 34.5 Å². The standard InChI is InChI=1S/C11H6F7N3O/c1-4-2-5(3-6-7(4)19-21-20-8(6)22)9(12,10(13,14)15)11(16,17)18/h2-3H,1H3,(H,19,20,22). The zero-order valence-corrected chi connectivity index (χ0v) is 10.6. The first kappa shape index (κ1) is 16.2. The van der Waals surface area contributed by atoms with Crippen molar-refractivity contribution in [1.29, 1.82) is 0 Å². The summed E-state index contributed by atoms with van der Waals surface area (Å²) in [5.41, 5.74) is -8.90. The van der Waals surface area contributed by atoms with E-state index in [2.05, 4.69) is 10.3 Å². The van der Waals surface area contributed by atoms with E-state index in [0.717, 1.165) is 6.92 Å². The Morgan fingerprint density at radius 3 is 2.05 bits per heavy atom.